The number of aliphatic carboxylic acids is 1. The number of rotatable bonds is 12. The van der Waals surface area contributed by atoms with Gasteiger partial charge in [-0.05, 0) is 83.1 Å². The lowest BCUT2D eigenvalue weighted by Gasteiger charge is -2.45. The van der Waals surface area contributed by atoms with Crippen molar-refractivity contribution < 1.29 is 84.8 Å². The Hall–Kier alpha value is -4.06. The smallest absolute Gasteiger partial charge is 0.334 e. The number of hydrogen-bond donors (Lipinski definition) is 13. The number of fused-ring (bicyclic) bond motifs is 2. The number of nitrogens with two attached hydrogens (primary N) is 1. The zero-order chi connectivity index (χ0) is 57.4. The molecule has 2 aliphatic rings. The van der Waals surface area contributed by atoms with Gasteiger partial charge in [-0.15, -0.1) is 0 Å². The highest BCUT2D eigenvalue weighted by atomic mass is 16.7. The predicted octanol–water partition coefficient (Wildman–Crippen LogP) is 3.66. The van der Waals surface area contributed by atoms with Gasteiger partial charge in [0.05, 0.1) is 54.9 Å². The molecule has 0 amide bonds. The summed E-state index contributed by atoms with van der Waals surface area (Å²) in [6.07, 6.45) is 0.913. The molecular formula is C56H95N3O17. The van der Waals surface area contributed by atoms with Crippen LogP contribution >= 0.6 is 0 Å². The maximum absolute atomic E-state index is 13.6. The fourth-order valence-corrected chi connectivity index (χ4v) is 9.80. The van der Waals surface area contributed by atoms with E-state index in [9.17, 15) is 70.6 Å². The second kappa shape index (κ2) is 34.1. The number of ether oxygens (including phenoxy) is 3. The van der Waals surface area contributed by atoms with E-state index in [-0.39, 0.29) is 69.2 Å². The number of guanidine groups is 1. The normalized spacial score (nSPS) is 37.7. The number of esters is 2. The van der Waals surface area contributed by atoms with Gasteiger partial charge in [-0.3, -0.25) is 15.0 Å². The molecule has 436 valence electrons. The van der Waals surface area contributed by atoms with Crippen LogP contribution in [0.4, 0.5) is 0 Å². The highest BCUT2D eigenvalue weighted by Gasteiger charge is 2.49. The first-order valence-corrected chi connectivity index (χ1v) is 27.1. The first-order chi connectivity index (χ1) is 35.6. The molecule has 14 N–H and O–H groups in total. The number of carboxylic acids is 1. The lowest BCUT2D eigenvalue weighted by Crippen LogP contribution is -2.59. The summed E-state index contributed by atoms with van der Waals surface area (Å²) < 4.78 is 17.4. The molecule has 0 saturated carbocycles. The fourth-order valence-electron chi connectivity index (χ4n) is 9.80. The van der Waals surface area contributed by atoms with Gasteiger partial charge in [0.1, 0.15) is 24.7 Å². The zero-order valence-electron chi connectivity index (χ0n) is 46.1. The van der Waals surface area contributed by atoms with Gasteiger partial charge in [0.15, 0.2) is 11.7 Å². The van der Waals surface area contributed by atoms with Crippen molar-refractivity contribution in [2.24, 2.45) is 35.3 Å². The minimum atomic E-state index is -2.51. The number of nitrogens with one attached hydrogen (secondary N) is 1. The maximum Gasteiger partial charge on any atom is 0.334 e. The standard InChI is InChI=1S/C56H95N3O17/c1-33-19-15-21-36(4)52(35(3)18-13-11-9-10-12-14-25-59(8)55(57)58)75-54(72)37(5)22-16-20-34(2)50(69)39(7)51(70)38(6)45(63)24-17-23-40(60)32-56(73)53(71)47(65)30-44(76-56)29-43(74-49(68)31-48(66)67)27-41(61)26-42(62)28-46(33)64/h9-10,15-16,19-22,34-36,38-47,50-53,60-65,69-71,73H,11-14,17-18,23-32H2,1-8H3,(H3,57,58)(H,66,67)/b10-9+,20-16+,21-15+,33-19+,37-22+. The van der Waals surface area contributed by atoms with Crippen molar-refractivity contribution in [3.63, 3.8) is 0 Å². The van der Waals surface area contributed by atoms with Crippen LogP contribution in [0.15, 0.2) is 59.8 Å². The van der Waals surface area contributed by atoms with E-state index in [1.165, 1.54) is 0 Å². The topological polar surface area (TPSA) is 355 Å². The van der Waals surface area contributed by atoms with Crippen molar-refractivity contribution in [3.05, 3.63) is 59.8 Å². The van der Waals surface area contributed by atoms with Crippen LogP contribution < -0.4 is 5.73 Å². The largest absolute Gasteiger partial charge is 0.481 e. The van der Waals surface area contributed by atoms with E-state index in [1.54, 1.807) is 76.9 Å². The van der Waals surface area contributed by atoms with Crippen LogP contribution in [0.25, 0.3) is 0 Å². The molecule has 0 aromatic heterocycles. The zero-order valence-corrected chi connectivity index (χ0v) is 46.1. The fraction of sp³-hybridized carbons (Fsp3) is 0.750. The third kappa shape index (κ3) is 24.3. The highest BCUT2D eigenvalue weighted by molar-refractivity contribution is 5.90. The van der Waals surface area contributed by atoms with Gasteiger partial charge in [0, 0.05) is 74.9 Å². The van der Waals surface area contributed by atoms with Gasteiger partial charge in [0.25, 0.3) is 0 Å². The number of aliphatic hydroxyl groups excluding tert-OH is 9. The molecular weight excluding hydrogens is 987 g/mol. The number of carbonyl (C=O) groups is 3. The molecule has 18 unspecified atom stereocenters. The van der Waals surface area contributed by atoms with Gasteiger partial charge < -0.3 is 81.0 Å². The van der Waals surface area contributed by atoms with Crippen LogP contribution in [0.3, 0.4) is 0 Å². The Morgan fingerprint density at radius 3 is 2.09 bits per heavy atom. The van der Waals surface area contributed by atoms with Gasteiger partial charge in [-0.2, -0.15) is 0 Å². The van der Waals surface area contributed by atoms with Crippen molar-refractivity contribution in [2.45, 2.75) is 224 Å². The Balaban J connectivity index is 2.44. The van der Waals surface area contributed by atoms with E-state index in [0.717, 1.165) is 32.1 Å². The van der Waals surface area contributed by atoms with E-state index < -0.39 is 128 Å². The summed E-state index contributed by atoms with van der Waals surface area (Å²) >= 11 is 0. The van der Waals surface area contributed by atoms with Gasteiger partial charge >= 0.3 is 17.9 Å². The van der Waals surface area contributed by atoms with E-state index in [2.05, 4.69) is 12.2 Å². The second-order valence-corrected chi connectivity index (χ2v) is 21.8. The summed E-state index contributed by atoms with van der Waals surface area (Å²) in [5.41, 5.74) is 6.31. The molecule has 1 fully saturated rings. The van der Waals surface area contributed by atoms with Crippen molar-refractivity contribution in [1.82, 2.24) is 4.90 Å². The molecule has 20 heteroatoms. The van der Waals surface area contributed by atoms with Crippen molar-refractivity contribution in [3.8, 4) is 0 Å². The number of hydrogen-bond acceptors (Lipinski definition) is 17. The van der Waals surface area contributed by atoms with E-state index >= 15 is 0 Å². The average Bonchev–Trinajstić information content (AvgIpc) is 3.33. The molecule has 0 aliphatic carbocycles. The molecule has 20 nitrogen and oxygen atoms in total. The van der Waals surface area contributed by atoms with Crippen LogP contribution in [0.2, 0.25) is 0 Å². The summed E-state index contributed by atoms with van der Waals surface area (Å²) in [6.45, 7) is 13.0. The molecule has 2 aliphatic heterocycles. The highest BCUT2D eigenvalue weighted by Crippen LogP contribution is 2.36. The molecule has 76 heavy (non-hydrogen) atoms. The summed E-state index contributed by atoms with van der Waals surface area (Å²) in [5.74, 6) is -7.92. The molecule has 18 atom stereocenters. The molecule has 0 spiro atoms. The summed E-state index contributed by atoms with van der Waals surface area (Å²) in [4.78, 5) is 39.2. The molecule has 1 saturated heterocycles. The van der Waals surface area contributed by atoms with Crippen LogP contribution in [-0.2, 0) is 28.6 Å². The van der Waals surface area contributed by atoms with E-state index in [0.29, 0.717) is 17.7 Å². The SMILES string of the molecule is C/C1=C\C=C\C(C)C(O)C(C)C(O)C(C)C(O)CCCC(O)CC2(O)OC(CC(OC(=O)CC(=O)O)CC(O)CC(O)CC(O)/C(C)=C/C=C/C(C)C(C(C)CCC/C=C/CCCN(C)C(=N)N)OC1=O)CC(O)C2O. The maximum atomic E-state index is 13.6. The number of allylic oxidation sites excluding steroid dienone is 6. The summed E-state index contributed by atoms with van der Waals surface area (Å²) in [7, 11) is 1.78. The Morgan fingerprint density at radius 1 is 0.829 bits per heavy atom. The third-order valence-corrected chi connectivity index (χ3v) is 14.9. The Morgan fingerprint density at radius 2 is 1.45 bits per heavy atom. The lowest BCUT2D eigenvalue weighted by molar-refractivity contribution is -0.332. The van der Waals surface area contributed by atoms with Crippen LogP contribution in [-0.4, -0.2) is 178 Å². The average molecular weight is 1080 g/mol. The summed E-state index contributed by atoms with van der Waals surface area (Å²) in [5, 5.41) is 128. The van der Waals surface area contributed by atoms with Crippen molar-refractivity contribution in [1.29, 1.82) is 5.41 Å². The Bertz CT molecular complexity index is 1930. The first kappa shape index (κ1) is 68.0. The van der Waals surface area contributed by atoms with E-state index in [1.807, 2.05) is 19.9 Å². The van der Waals surface area contributed by atoms with Gasteiger partial charge in [-0.25, -0.2) is 4.79 Å². The number of nitrogens with zero attached hydrogens (tertiary/aromatic N) is 1. The van der Waals surface area contributed by atoms with Crippen LogP contribution in [0.1, 0.15) is 145 Å². The first-order valence-electron chi connectivity index (χ1n) is 27.1. The number of carboxylic acid groups (broad SMARTS) is 1. The van der Waals surface area contributed by atoms with E-state index in [4.69, 9.17) is 25.4 Å². The number of unbranched alkanes of at least 4 members (excludes halogenated alkanes) is 2. The summed E-state index contributed by atoms with van der Waals surface area (Å²) in [6, 6.07) is 0. The Labute approximate surface area is 450 Å². The van der Waals surface area contributed by atoms with Crippen LogP contribution in [0.5, 0.6) is 0 Å². The second-order valence-electron chi connectivity index (χ2n) is 21.8. The molecule has 2 bridgehead atoms. The number of carbonyl (C=O) groups excluding carboxylic acids is 2. The molecule has 2 rings (SSSR count). The quantitative estimate of drug-likeness (QED) is 0.0331. The molecule has 0 aromatic carbocycles. The minimum Gasteiger partial charge on any atom is -0.481 e. The van der Waals surface area contributed by atoms with Crippen molar-refractivity contribution in [2.75, 3.05) is 13.6 Å². The molecule has 0 radical (unpaired) electrons. The number of aliphatic hydroxyl groups is 10. The van der Waals surface area contributed by atoms with Crippen molar-refractivity contribution >= 4 is 23.9 Å². The predicted molar refractivity (Wildman–Crippen MR) is 286 cm³/mol. The third-order valence-electron chi connectivity index (χ3n) is 14.9. The Kier molecular flexibility index (Phi) is 30.5. The lowest BCUT2D eigenvalue weighted by atomic mass is 9.81. The van der Waals surface area contributed by atoms with Gasteiger partial charge in [-0.1, -0.05) is 83.2 Å². The van der Waals surface area contributed by atoms with Gasteiger partial charge in [0.2, 0.25) is 0 Å². The monoisotopic (exact) mass is 1080 g/mol. The molecule has 0 aromatic rings. The number of cyclic esters (lactones) is 1. The van der Waals surface area contributed by atoms with Crippen LogP contribution in [0, 0.1) is 35.0 Å². The molecule has 2 heterocycles. The minimum absolute atomic E-state index is 0.00862.